The highest BCUT2D eigenvalue weighted by atomic mass is 32.1. The lowest BCUT2D eigenvalue weighted by molar-refractivity contribution is 0.552. The summed E-state index contributed by atoms with van der Waals surface area (Å²) in [5, 5.41) is 7.88. The lowest BCUT2D eigenvalue weighted by atomic mass is 10.1. The Kier molecular flexibility index (Phi) is 5.57. The second-order valence-corrected chi connectivity index (χ2v) is 4.33. The largest absolute Gasteiger partial charge is 0.314 e. The standard InChI is InChI=1S/C12H19NS/c1-3-4-5-7-13-11(2)9-12-6-8-14-10-12/h3-4,6,8,10-11,13H,5,7,9H2,1-2H3/b4-3+. The van der Waals surface area contributed by atoms with Crippen LogP contribution in [0.4, 0.5) is 0 Å². The molecule has 0 spiro atoms. The molecule has 1 unspecified atom stereocenters. The molecule has 0 aliphatic carbocycles. The molecule has 1 N–H and O–H groups in total. The van der Waals surface area contributed by atoms with E-state index in [1.54, 1.807) is 11.3 Å². The van der Waals surface area contributed by atoms with E-state index < -0.39 is 0 Å². The molecule has 0 aliphatic rings. The number of thiophene rings is 1. The van der Waals surface area contributed by atoms with E-state index >= 15 is 0 Å². The van der Waals surface area contributed by atoms with Crippen molar-refractivity contribution in [3.63, 3.8) is 0 Å². The lowest BCUT2D eigenvalue weighted by Gasteiger charge is -2.11. The maximum atomic E-state index is 3.51. The summed E-state index contributed by atoms with van der Waals surface area (Å²) in [7, 11) is 0. The molecule has 0 saturated carbocycles. The molecule has 0 radical (unpaired) electrons. The smallest absolute Gasteiger partial charge is 0.00795 e. The fraction of sp³-hybridized carbons (Fsp3) is 0.500. The summed E-state index contributed by atoms with van der Waals surface area (Å²) >= 11 is 1.77. The zero-order chi connectivity index (χ0) is 10.2. The third-order valence-corrected chi connectivity index (χ3v) is 2.89. The first-order valence-electron chi connectivity index (χ1n) is 5.18. The summed E-state index contributed by atoms with van der Waals surface area (Å²) in [5.74, 6) is 0. The van der Waals surface area contributed by atoms with Crippen molar-refractivity contribution in [3.8, 4) is 0 Å². The molecule has 78 valence electrons. The van der Waals surface area contributed by atoms with Crippen LogP contribution in [0.15, 0.2) is 29.0 Å². The van der Waals surface area contributed by atoms with Gasteiger partial charge in [-0.1, -0.05) is 12.2 Å². The molecule has 1 heterocycles. The van der Waals surface area contributed by atoms with E-state index in [1.165, 1.54) is 5.56 Å². The average molecular weight is 209 g/mol. The minimum atomic E-state index is 0.579. The molecule has 0 aliphatic heterocycles. The number of allylic oxidation sites excluding steroid dienone is 1. The van der Waals surface area contributed by atoms with Gasteiger partial charge in [-0.15, -0.1) is 0 Å². The highest BCUT2D eigenvalue weighted by molar-refractivity contribution is 7.07. The zero-order valence-electron chi connectivity index (χ0n) is 8.99. The van der Waals surface area contributed by atoms with Gasteiger partial charge in [-0.05, 0) is 55.6 Å². The first kappa shape index (κ1) is 11.5. The summed E-state index contributed by atoms with van der Waals surface area (Å²) < 4.78 is 0. The van der Waals surface area contributed by atoms with Gasteiger partial charge in [0.15, 0.2) is 0 Å². The predicted molar refractivity (Wildman–Crippen MR) is 64.9 cm³/mol. The second-order valence-electron chi connectivity index (χ2n) is 3.55. The van der Waals surface area contributed by atoms with E-state index in [-0.39, 0.29) is 0 Å². The van der Waals surface area contributed by atoms with Crippen molar-refractivity contribution in [2.24, 2.45) is 0 Å². The van der Waals surface area contributed by atoms with Gasteiger partial charge in [0, 0.05) is 6.04 Å². The van der Waals surface area contributed by atoms with Gasteiger partial charge < -0.3 is 5.32 Å². The van der Waals surface area contributed by atoms with Gasteiger partial charge >= 0.3 is 0 Å². The van der Waals surface area contributed by atoms with Gasteiger partial charge in [-0.3, -0.25) is 0 Å². The highest BCUT2D eigenvalue weighted by Crippen LogP contribution is 2.08. The molecular formula is C12H19NS. The maximum absolute atomic E-state index is 3.51. The Labute approximate surface area is 90.9 Å². The molecule has 1 aromatic rings. The molecule has 1 atom stereocenters. The molecule has 1 aromatic heterocycles. The summed E-state index contributed by atoms with van der Waals surface area (Å²) in [6, 6.07) is 2.78. The highest BCUT2D eigenvalue weighted by Gasteiger charge is 2.01. The topological polar surface area (TPSA) is 12.0 Å². The van der Waals surface area contributed by atoms with Crippen molar-refractivity contribution in [1.82, 2.24) is 5.32 Å². The van der Waals surface area contributed by atoms with Crippen LogP contribution in [-0.2, 0) is 6.42 Å². The van der Waals surface area contributed by atoms with Gasteiger partial charge in [0.2, 0.25) is 0 Å². The number of rotatable bonds is 6. The van der Waals surface area contributed by atoms with Crippen LogP contribution in [0, 0.1) is 0 Å². The first-order chi connectivity index (χ1) is 6.83. The van der Waals surface area contributed by atoms with Crippen molar-refractivity contribution in [2.45, 2.75) is 32.7 Å². The number of hydrogen-bond donors (Lipinski definition) is 1. The van der Waals surface area contributed by atoms with Crippen molar-refractivity contribution in [1.29, 1.82) is 0 Å². The Morgan fingerprint density at radius 3 is 3.07 bits per heavy atom. The van der Waals surface area contributed by atoms with E-state index in [0.29, 0.717) is 6.04 Å². The molecule has 0 saturated heterocycles. The maximum Gasteiger partial charge on any atom is 0.00795 e. The molecule has 0 fully saturated rings. The number of nitrogens with one attached hydrogen (secondary N) is 1. The molecule has 0 amide bonds. The van der Waals surface area contributed by atoms with E-state index in [4.69, 9.17) is 0 Å². The second kappa shape index (κ2) is 6.80. The van der Waals surface area contributed by atoms with Gasteiger partial charge in [-0.2, -0.15) is 11.3 Å². The third kappa shape index (κ3) is 4.58. The van der Waals surface area contributed by atoms with Crippen LogP contribution in [0.25, 0.3) is 0 Å². The van der Waals surface area contributed by atoms with Crippen LogP contribution in [0.2, 0.25) is 0 Å². The Morgan fingerprint density at radius 2 is 2.43 bits per heavy atom. The van der Waals surface area contributed by atoms with Crippen LogP contribution in [0.1, 0.15) is 25.8 Å². The molecule has 2 heteroatoms. The summed E-state index contributed by atoms with van der Waals surface area (Å²) in [5.41, 5.74) is 1.45. The monoisotopic (exact) mass is 209 g/mol. The minimum absolute atomic E-state index is 0.579. The molecule has 0 bridgehead atoms. The minimum Gasteiger partial charge on any atom is -0.314 e. The molecule has 14 heavy (non-hydrogen) atoms. The Balaban J connectivity index is 2.13. The fourth-order valence-corrected chi connectivity index (χ4v) is 2.10. The van der Waals surface area contributed by atoms with E-state index in [2.05, 4.69) is 48.1 Å². The van der Waals surface area contributed by atoms with Crippen molar-refractivity contribution >= 4 is 11.3 Å². The SMILES string of the molecule is C/C=C/CCNC(C)Cc1ccsc1. The molecule has 1 rings (SSSR count). The quantitative estimate of drug-likeness (QED) is 0.560. The van der Waals surface area contributed by atoms with Gasteiger partial charge in [0.25, 0.3) is 0 Å². The van der Waals surface area contributed by atoms with Gasteiger partial charge in [0.1, 0.15) is 0 Å². The van der Waals surface area contributed by atoms with Crippen LogP contribution >= 0.6 is 11.3 Å². The summed E-state index contributed by atoms with van der Waals surface area (Å²) in [4.78, 5) is 0. The van der Waals surface area contributed by atoms with Crippen LogP contribution in [-0.4, -0.2) is 12.6 Å². The van der Waals surface area contributed by atoms with Crippen LogP contribution in [0.3, 0.4) is 0 Å². The van der Waals surface area contributed by atoms with Crippen molar-refractivity contribution in [3.05, 3.63) is 34.5 Å². The predicted octanol–water partition coefficient (Wildman–Crippen LogP) is 3.23. The lowest BCUT2D eigenvalue weighted by Crippen LogP contribution is -2.28. The Hall–Kier alpha value is -0.600. The van der Waals surface area contributed by atoms with Crippen LogP contribution < -0.4 is 5.32 Å². The van der Waals surface area contributed by atoms with Gasteiger partial charge in [-0.25, -0.2) is 0 Å². The fourth-order valence-electron chi connectivity index (χ4n) is 1.41. The van der Waals surface area contributed by atoms with Crippen molar-refractivity contribution in [2.75, 3.05) is 6.54 Å². The molecule has 1 nitrogen and oxygen atoms in total. The van der Waals surface area contributed by atoms with E-state index in [0.717, 1.165) is 19.4 Å². The average Bonchev–Trinajstić information content (AvgIpc) is 2.65. The summed E-state index contributed by atoms with van der Waals surface area (Å²) in [6.07, 6.45) is 6.57. The molecule has 0 aromatic carbocycles. The van der Waals surface area contributed by atoms with Crippen molar-refractivity contribution < 1.29 is 0 Å². The Bertz CT molecular complexity index is 251. The normalized spacial score (nSPS) is 13.6. The zero-order valence-corrected chi connectivity index (χ0v) is 9.81. The molecular weight excluding hydrogens is 190 g/mol. The number of hydrogen-bond acceptors (Lipinski definition) is 2. The Morgan fingerprint density at radius 1 is 1.57 bits per heavy atom. The van der Waals surface area contributed by atoms with E-state index in [9.17, 15) is 0 Å². The van der Waals surface area contributed by atoms with Crippen LogP contribution in [0.5, 0.6) is 0 Å². The third-order valence-electron chi connectivity index (χ3n) is 2.16. The van der Waals surface area contributed by atoms with E-state index in [1.807, 2.05) is 0 Å². The summed E-state index contributed by atoms with van der Waals surface area (Å²) in [6.45, 7) is 5.39. The van der Waals surface area contributed by atoms with Gasteiger partial charge in [0.05, 0.1) is 0 Å². The first-order valence-corrected chi connectivity index (χ1v) is 6.13.